The summed E-state index contributed by atoms with van der Waals surface area (Å²) in [5, 5.41) is 3.57. The highest BCUT2D eigenvalue weighted by Gasteiger charge is 2.17. The van der Waals surface area contributed by atoms with Crippen LogP contribution < -0.4 is 5.32 Å². The normalized spacial score (nSPS) is 14.8. The molecule has 4 nitrogen and oxygen atoms in total. The van der Waals surface area contributed by atoms with Gasteiger partial charge in [-0.15, -0.1) is 0 Å². The Morgan fingerprint density at radius 3 is 2.65 bits per heavy atom. The predicted molar refractivity (Wildman–Crippen MR) is 84.3 cm³/mol. The summed E-state index contributed by atoms with van der Waals surface area (Å²) in [4.78, 5) is 7.19. The summed E-state index contributed by atoms with van der Waals surface area (Å²) in [5.41, 5.74) is 2.86. The SMILES string of the molecule is CCN(CC)CCNCCn1c(C)nc2c1CCCC2. The van der Waals surface area contributed by atoms with E-state index in [1.807, 2.05) is 0 Å². The minimum atomic E-state index is 1.05. The molecule has 0 bridgehead atoms. The molecular formula is C16H30N4. The van der Waals surface area contributed by atoms with Crippen LogP contribution in [-0.2, 0) is 19.4 Å². The predicted octanol–water partition coefficient (Wildman–Crippen LogP) is 2.00. The monoisotopic (exact) mass is 278 g/mol. The molecule has 1 heterocycles. The van der Waals surface area contributed by atoms with Gasteiger partial charge in [0.25, 0.3) is 0 Å². The molecule has 0 saturated carbocycles. The highest BCUT2D eigenvalue weighted by atomic mass is 15.1. The number of aromatic nitrogens is 2. The summed E-state index contributed by atoms with van der Waals surface area (Å²) < 4.78 is 2.43. The Balaban J connectivity index is 1.76. The maximum absolute atomic E-state index is 4.73. The van der Waals surface area contributed by atoms with E-state index >= 15 is 0 Å². The van der Waals surface area contributed by atoms with Crippen molar-refractivity contribution in [3.8, 4) is 0 Å². The van der Waals surface area contributed by atoms with Crippen molar-refractivity contribution in [3.05, 3.63) is 17.2 Å². The van der Waals surface area contributed by atoms with Gasteiger partial charge in [-0.25, -0.2) is 4.98 Å². The molecule has 0 aromatic carbocycles. The molecule has 1 aromatic rings. The summed E-state index contributed by atoms with van der Waals surface area (Å²) in [6, 6.07) is 0. The fourth-order valence-corrected chi connectivity index (χ4v) is 3.13. The summed E-state index contributed by atoms with van der Waals surface area (Å²) >= 11 is 0. The quantitative estimate of drug-likeness (QED) is 0.738. The van der Waals surface area contributed by atoms with Crippen LogP contribution in [0.3, 0.4) is 0 Å². The van der Waals surface area contributed by atoms with Gasteiger partial charge in [0, 0.05) is 31.9 Å². The van der Waals surface area contributed by atoms with Crippen LogP contribution in [0.1, 0.15) is 43.9 Å². The standard InChI is InChI=1S/C16H30N4/c1-4-19(5-2)12-10-17-11-13-20-14(3)18-15-8-6-7-9-16(15)20/h17H,4-13H2,1-3H3. The molecule has 2 rings (SSSR count). The molecule has 0 saturated heterocycles. The van der Waals surface area contributed by atoms with Crippen molar-refractivity contribution in [2.75, 3.05) is 32.7 Å². The molecule has 1 aliphatic carbocycles. The smallest absolute Gasteiger partial charge is 0.106 e. The molecule has 0 spiro atoms. The van der Waals surface area contributed by atoms with Gasteiger partial charge in [-0.1, -0.05) is 13.8 Å². The van der Waals surface area contributed by atoms with E-state index in [1.165, 1.54) is 42.9 Å². The highest BCUT2D eigenvalue weighted by molar-refractivity contribution is 5.19. The molecule has 4 heteroatoms. The zero-order valence-electron chi connectivity index (χ0n) is 13.4. The first kappa shape index (κ1) is 15.5. The van der Waals surface area contributed by atoms with E-state index < -0.39 is 0 Å². The van der Waals surface area contributed by atoms with Crippen molar-refractivity contribution < 1.29 is 0 Å². The Labute approximate surface area is 123 Å². The number of nitrogens with one attached hydrogen (secondary N) is 1. The molecule has 0 atom stereocenters. The van der Waals surface area contributed by atoms with Gasteiger partial charge in [0.05, 0.1) is 5.69 Å². The lowest BCUT2D eigenvalue weighted by atomic mass is 10.0. The summed E-state index contributed by atoms with van der Waals surface area (Å²) in [6.07, 6.45) is 5.03. The Morgan fingerprint density at radius 2 is 1.90 bits per heavy atom. The van der Waals surface area contributed by atoms with Gasteiger partial charge < -0.3 is 14.8 Å². The van der Waals surface area contributed by atoms with Crippen LogP contribution in [0, 0.1) is 6.92 Å². The van der Waals surface area contributed by atoms with Crippen LogP contribution in [0.2, 0.25) is 0 Å². The van der Waals surface area contributed by atoms with E-state index in [0.717, 1.165) is 39.3 Å². The third-order valence-corrected chi connectivity index (χ3v) is 4.43. The molecule has 0 aliphatic heterocycles. The van der Waals surface area contributed by atoms with E-state index in [0.29, 0.717) is 0 Å². The van der Waals surface area contributed by atoms with Crippen LogP contribution in [0.15, 0.2) is 0 Å². The number of likely N-dealkylation sites (N-methyl/N-ethyl adjacent to an activating group) is 1. The largest absolute Gasteiger partial charge is 0.331 e. The maximum Gasteiger partial charge on any atom is 0.106 e. The highest BCUT2D eigenvalue weighted by Crippen LogP contribution is 2.21. The summed E-state index contributed by atoms with van der Waals surface area (Å²) in [7, 11) is 0. The minimum Gasteiger partial charge on any atom is -0.331 e. The second kappa shape index (κ2) is 7.79. The lowest BCUT2D eigenvalue weighted by molar-refractivity contribution is 0.301. The average Bonchev–Trinajstić information content (AvgIpc) is 2.79. The fourth-order valence-electron chi connectivity index (χ4n) is 3.13. The molecule has 0 unspecified atom stereocenters. The first-order valence-corrected chi connectivity index (χ1v) is 8.24. The molecular weight excluding hydrogens is 248 g/mol. The van der Waals surface area contributed by atoms with Crippen molar-refractivity contribution in [3.63, 3.8) is 0 Å². The van der Waals surface area contributed by atoms with Crippen molar-refractivity contribution in [1.29, 1.82) is 0 Å². The van der Waals surface area contributed by atoms with Gasteiger partial charge >= 0.3 is 0 Å². The van der Waals surface area contributed by atoms with E-state index in [2.05, 4.69) is 35.6 Å². The number of rotatable bonds is 8. The lowest BCUT2D eigenvalue weighted by Gasteiger charge is -2.18. The Kier molecular flexibility index (Phi) is 6.05. The molecule has 1 N–H and O–H groups in total. The number of hydrogen-bond acceptors (Lipinski definition) is 3. The van der Waals surface area contributed by atoms with E-state index in [-0.39, 0.29) is 0 Å². The molecule has 0 fully saturated rings. The summed E-state index contributed by atoms with van der Waals surface area (Å²) in [5.74, 6) is 1.20. The van der Waals surface area contributed by atoms with Crippen molar-refractivity contribution in [2.45, 2.75) is 53.0 Å². The zero-order chi connectivity index (χ0) is 14.4. The fraction of sp³-hybridized carbons (Fsp3) is 0.812. The third-order valence-electron chi connectivity index (χ3n) is 4.43. The van der Waals surface area contributed by atoms with Crippen LogP contribution in [0.4, 0.5) is 0 Å². The number of aryl methyl sites for hydroxylation is 2. The first-order valence-electron chi connectivity index (χ1n) is 8.24. The molecule has 114 valence electrons. The molecule has 1 aromatic heterocycles. The second-order valence-electron chi connectivity index (χ2n) is 5.69. The van der Waals surface area contributed by atoms with Gasteiger partial charge in [0.1, 0.15) is 5.82 Å². The molecule has 20 heavy (non-hydrogen) atoms. The van der Waals surface area contributed by atoms with Gasteiger partial charge in [-0.2, -0.15) is 0 Å². The zero-order valence-corrected chi connectivity index (χ0v) is 13.4. The second-order valence-corrected chi connectivity index (χ2v) is 5.69. The van der Waals surface area contributed by atoms with Crippen LogP contribution in [-0.4, -0.2) is 47.2 Å². The number of nitrogens with zero attached hydrogens (tertiary/aromatic N) is 3. The summed E-state index contributed by atoms with van der Waals surface area (Å²) in [6.45, 7) is 13.2. The first-order chi connectivity index (χ1) is 9.76. The van der Waals surface area contributed by atoms with Crippen molar-refractivity contribution in [2.24, 2.45) is 0 Å². The van der Waals surface area contributed by atoms with Gasteiger partial charge in [-0.3, -0.25) is 0 Å². The van der Waals surface area contributed by atoms with E-state index in [1.54, 1.807) is 0 Å². The van der Waals surface area contributed by atoms with Gasteiger partial charge in [-0.05, 0) is 45.7 Å². The Hall–Kier alpha value is -0.870. The van der Waals surface area contributed by atoms with E-state index in [4.69, 9.17) is 4.98 Å². The third kappa shape index (κ3) is 3.83. The molecule has 0 radical (unpaired) electrons. The Bertz CT molecular complexity index is 407. The topological polar surface area (TPSA) is 33.1 Å². The van der Waals surface area contributed by atoms with Crippen molar-refractivity contribution >= 4 is 0 Å². The number of fused-ring (bicyclic) bond motifs is 1. The van der Waals surface area contributed by atoms with Gasteiger partial charge in [0.15, 0.2) is 0 Å². The molecule has 1 aliphatic rings. The minimum absolute atomic E-state index is 1.05. The molecule has 0 amide bonds. The number of hydrogen-bond donors (Lipinski definition) is 1. The lowest BCUT2D eigenvalue weighted by Crippen LogP contribution is -2.33. The van der Waals surface area contributed by atoms with Crippen molar-refractivity contribution in [1.82, 2.24) is 19.8 Å². The van der Waals surface area contributed by atoms with E-state index in [9.17, 15) is 0 Å². The maximum atomic E-state index is 4.73. The number of imidazole rings is 1. The van der Waals surface area contributed by atoms with Crippen LogP contribution in [0.25, 0.3) is 0 Å². The van der Waals surface area contributed by atoms with Gasteiger partial charge in [0.2, 0.25) is 0 Å². The van der Waals surface area contributed by atoms with Crippen LogP contribution in [0.5, 0.6) is 0 Å². The van der Waals surface area contributed by atoms with Crippen LogP contribution >= 0.6 is 0 Å². The average molecular weight is 278 g/mol. The Morgan fingerprint density at radius 1 is 1.15 bits per heavy atom.